The molecule has 0 bridgehead atoms. The molecular weight excluding hydrogens is 259 g/mol. The van der Waals surface area contributed by atoms with E-state index in [1.807, 2.05) is 4.57 Å². The Balaban J connectivity index is 2.42. The summed E-state index contributed by atoms with van der Waals surface area (Å²) in [7, 11) is 1.64. The van der Waals surface area contributed by atoms with Gasteiger partial charge in [-0.05, 0) is 12.8 Å². The van der Waals surface area contributed by atoms with Gasteiger partial charge in [-0.2, -0.15) is 0 Å². The lowest BCUT2D eigenvalue weighted by Gasteiger charge is -2.15. The van der Waals surface area contributed by atoms with Crippen LogP contribution in [0.15, 0.2) is 0 Å². The Hall–Kier alpha value is -0.260. The normalized spacial score (nSPS) is 16.4. The molecule has 0 amide bonds. The number of aryl methyl sites for hydroxylation is 1. The molecule has 0 aliphatic carbocycles. The summed E-state index contributed by atoms with van der Waals surface area (Å²) in [4.78, 5) is 4.14. The van der Waals surface area contributed by atoms with E-state index in [2.05, 4.69) is 4.98 Å². The number of imidazole rings is 1. The summed E-state index contributed by atoms with van der Waals surface area (Å²) in [5.41, 5.74) is 0.515. The molecule has 0 saturated heterocycles. The molecule has 0 unspecified atom stereocenters. The Morgan fingerprint density at radius 2 is 2.13 bits per heavy atom. The van der Waals surface area contributed by atoms with Gasteiger partial charge in [-0.3, -0.25) is 0 Å². The average Bonchev–Trinajstić information content (AvgIpc) is 2.41. The molecule has 0 spiro atoms. The van der Waals surface area contributed by atoms with Crippen LogP contribution in [0.25, 0.3) is 0 Å². The Labute approximate surface area is 97.6 Å². The third-order valence-electron chi connectivity index (χ3n) is 2.44. The van der Waals surface area contributed by atoms with Crippen LogP contribution in [0.4, 0.5) is 0 Å². The predicted octanol–water partition coefficient (Wildman–Crippen LogP) is 1.94. The Kier molecular flexibility index (Phi) is 2.96. The highest BCUT2D eigenvalue weighted by atomic mass is 35.7. The maximum absolute atomic E-state index is 11.0. The molecule has 0 saturated carbocycles. The quantitative estimate of drug-likeness (QED) is 0.771. The highest BCUT2D eigenvalue weighted by Gasteiger charge is 2.22. The minimum atomic E-state index is -3.58. The van der Waals surface area contributed by atoms with Crippen LogP contribution in [0.2, 0.25) is 5.15 Å². The topological polar surface area (TPSA) is 52.0 Å². The van der Waals surface area contributed by atoms with E-state index in [1.165, 1.54) is 0 Å². The van der Waals surface area contributed by atoms with Crippen LogP contribution in [0, 0.1) is 0 Å². The number of hydrogen-bond donors (Lipinski definition) is 0. The van der Waals surface area contributed by atoms with E-state index in [1.54, 1.807) is 0 Å². The van der Waals surface area contributed by atoms with Crippen molar-refractivity contribution in [2.75, 3.05) is 0 Å². The van der Waals surface area contributed by atoms with E-state index in [0.29, 0.717) is 5.69 Å². The SMILES string of the molecule is O=S(=O)(Cl)Cc1c(Cl)nc2n1CCCC2. The van der Waals surface area contributed by atoms with E-state index >= 15 is 0 Å². The lowest BCUT2D eigenvalue weighted by Crippen LogP contribution is -2.14. The summed E-state index contributed by atoms with van der Waals surface area (Å²) in [6, 6.07) is 0. The minimum Gasteiger partial charge on any atom is -0.330 e. The van der Waals surface area contributed by atoms with E-state index in [-0.39, 0.29) is 10.9 Å². The summed E-state index contributed by atoms with van der Waals surface area (Å²) < 4.78 is 23.9. The molecule has 0 radical (unpaired) electrons. The first-order valence-corrected chi connectivity index (χ1v) is 7.49. The van der Waals surface area contributed by atoms with E-state index < -0.39 is 9.05 Å². The highest BCUT2D eigenvalue weighted by molar-refractivity contribution is 8.13. The predicted molar refractivity (Wildman–Crippen MR) is 58.7 cm³/mol. The molecule has 1 aliphatic rings. The van der Waals surface area contributed by atoms with Gasteiger partial charge in [-0.25, -0.2) is 13.4 Å². The second-order valence-electron chi connectivity index (χ2n) is 3.56. The number of aromatic nitrogens is 2. The molecular formula is C8H10Cl2N2O2S. The van der Waals surface area contributed by atoms with Gasteiger partial charge in [0.2, 0.25) is 9.05 Å². The standard InChI is InChI=1S/C8H10Cl2N2O2S/c9-8-6(5-15(10,13)14)12-4-2-1-3-7(12)11-8/h1-5H2. The maximum Gasteiger partial charge on any atom is 0.238 e. The van der Waals surface area contributed by atoms with Crippen LogP contribution in [-0.4, -0.2) is 18.0 Å². The molecule has 2 heterocycles. The first kappa shape index (κ1) is 11.2. The van der Waals surface area contributed by atoms with Crippen molar-refractivity contribution >= 4 is 31.3 Å². The minimum absolute atomic E-state index is 0.250. The second kappa shape index (κ2) is 3.96. The van der Waals surface area contributed by atoms with Gasteiger partial charge in [0.25, 0.3) is 0 Å². The molecule has 2 rings (SSSR count). The molecule has 15 heavy (non-hydrogen) atoms. The summed E-state index contributed by atoms with van der Waals surface area (Å²) in [5.74, 6) is 0.613. The molecule has 1 aromatic rings. The van der Waals surface area contributed by atoms with Gasteiger partial charge in [0, 0.05) is 23.6 Å². The second-order valence-corrected chi connectivity index (χ2v) is 6.69. The average molecular weight is 269 g/mol. The van der Waals surface area contributed by atoms with Gasteiger partial charge in [-0.15, -0.1) is 0 Å². The van der Waals surface area contributed by atoms with Crippen molar-refractivity contribution in [3.05, 3.63) is 16.7 Å². The van der Waals surface area contributed by atoms with E-state index in [0.717, 1.165) is 31.6 Å². The van der Waals surface area contributed by atoms with Gasteiger partial charge in [0.05, 0.1) is 5.69 Å². The lowest BCUT2D eigenvalue weighted by molar-refractivity contribution is 0.512. The summed E-state index contributed by atoms with van der Waals surface area (Å²) in [6.07, 6.45) is 2.94. The zero-order valence-corrected chi connectivity index (χ0v) is 10.2. The summed E-state index contributed by atoms with van der Waals surface area (Å²) in [6.45, 7) is 0.775. The number of fused-ring (bicyclic) bond motifs is 1. The van der Waals surface area contributed by atoms with Gasteiger partial charge in [-0.1, -0.05) is 11.6 Å². The molecule has 7 heteroatoms. The molecule has 0 atom stereocenters. The molecule has 84 valence electrons. The number of rotatable bonds is 2. The maximum atomic E-state index is 11.0. The zero-order chi connectivity index (χ0) is 11.1. The number of halogens is 2. The van der Waals surface area contributed by atoms with Gasteiger partial charge < -0.3 is 4.57 Å². The zero-order valence-electron chi connectivity index (χ0n) is 7.91. The molecule has 1 aliphatic heterocycles. The Bertz CT molecular complexity index is 481. The number of nitrogens with zero attached hydrogens (tertiary/aromatic N) is 2. The van der Waals surface area contributed by atoms with Crippen molar-refractivity contribution < 1.29 is 8.42 Å². The van der Waals surface area contributed by atoms with Crippen molar-refractivity contribution in [3.63, 3.8) is 0 Å². The van der Waals surface area contributed by atoms with Crippen LogP contribution >= 0.6 is 22.3 Å². The fourth-order valence-corrected chi connectivity index (χ4v) is 3.09. The molecule has 0 N–H and O–H groups in total. The van der Waals surface area contributed by atoms with Crippen molar-refractivity contribution in [2.45, 2.75) is 31.6 Å². The van der Waals surface area contributed by atoms with E-state index in [9.17, 15) is 8.42 Å². The van der Waals surface area contributed by atoms with Crippen LogP contribution in [0.5, 0.6) is 0 Å². The fraction of sp³-hybridized carbons (Fsp3) is 0.625. The first-order valence-electron chi connectivity index (χ1n) is 4.63. The van der Waals surface area contributed by atoms with Crippen molar-refractivity contribution in [2.24, 2.45) is 0 Å². The summed E-state index contributed by atoms with van der Waals surface area (Å²) in [5, 5.41) is 0.260. The molecule has 0 aromatic carbocycles. The van der Waals surface area contributed by atoms with Crippen molar-refractivity contribution in [1.29, 1.82) is 0 Å². The highest BCUT2D eigenvalue weighted by Crippen LogP contribution is 2.25. The fourth-order valence-electron chi connectivity index (χ4n) is 1.81. The number of hydrogen-bond acceptors (Lipinski definition) is 3. The van der Waals surface area contributed by atoms with Crippen LogP contribution < -0.4 is 0 Å². The van der Waals surface area contributed by atoms with Gasteiger partial charge in [0.15, 0.2) is 5.15 Å². The summed E-state index contributed by atoms with van der Waals surface area (Å²) >= 11 is 5.89. The van der Waals surface area contributed by atoms with Crippen molar-refractivity contribution in [1.82, 2.24) is 9.55 Å². The van der Waals surface area contributed by atoms with Gasteiger partial charge in [0.1, 0.15) is 11.6 Å². The molecule has 0 fully saturated rings. The smallest absolute Gasteiger partial charge is 0.238 e. The third-order valence-corrected chi connectivity index (χ3v) is 3.69. The monoisotopic (exact) mass is 268 g/mol. The Morgan fingerprint density at radius 3 is 2.80 bits per heavy atom. The van der Waals surface area contributed by atoms with Crippen LogP contribution in [-0.2, 0) is 27.8 Å². The Morgan fingerprint density at radius 1 is 1.40 bits per heavy atom. The van der Waals surface area contributed by atoms with Gasteiger partial charge >= 0.3 is 0 Å². The largest absolute Gasteiger partial charge is 0.330 e. The van der Waals surface area contributed by atoms with E-state index in [4.69, 9.17) is 22.3 Å². The van der Waals surface area contributed by atoms with Crippen molar-refractivity contribution in [3.8, 4) is 0 Å². The molecule has 1 aromatic heterocycles. The van der Waals surface area contributed by atoms with Crippen LogP contribution in [0.1, 0.15) is 24.4 Å². The third kappa shape index (κ3) is 2.46. The van der Waals surface area contributed by atoms with Crippen LogP contribution in [0.3, 0.4) is 0 Å². The first-order chi connectivity index (χ1) is 6.97. The molecule has 4 nitrogen and oxygen atoms in total. The lowest BCUT2D eigenvalue weighted by atomic mass is 10.2.